The van der Waals surface area contributed by atoms with Crippen LogP contribution in [0.3, 0.4) is 0 Å². The van der Waals surface area contributed by atoms with Gasteiger partial charge < -0.3 is 9.80 Å². The molecule has 0 saturated carbocycles. The van der Waals surface area contributed by atoms with Gasteiger partial charge in [0.15, 0.2) is 0 Å². The average molecular weight is 449 g/mol. The van der Waals surface area contributed by atoms with Crippen LogP contribution < -0.4 is 10.2 Å². The lowest BCUT2D eigenvalue weighted by Gasteiger charge is -2.36. The number of piperidine rings is 1. The molecule has 0 bridgehead atoms. The van der Waals surface area contributed by atoms with Gasteiger partial charge in [-0.25, -0.2) is 0 Å². The van der Waals surface area contributed by atoms with Crippen LogP contribution in [0, 0.1) is 6.92 Å². The van der Waals surface area contributed by atoms with Gasteiger partial charge >= 0.3 is 0 Å². The van der Waals surface area contributed by atoms with Crippen molar-refractivity contribution in [1.29, 1.82) is 0 Å². The Hall–Kier alpha value is -2.77. The molecule has 0 aromatic heterocycles. The van der Waals surface area contributed by atoms with Gasteiger partial charge in [0.05, 0.1) is 0 Å². The summed E-state index contributed by atoms with van der Waals surface area (Å²) < 4.78 is 0. The van der Waals surface area contributed by atoms with E-state index in [4.69, 9.17) is 12.2 Å². The number of aryl methyl sites for hydroxylation is 1. The lowest BCUT2D eigenvalue weighted by atomic mass is 10.0. The van der Waals surface area contributed by atoms with E-state index >= 15 is 0 Å². The van der Waals surface area contributed by atoms with Gasteiger partial charge in [-0.1, -0.05) is 42.0 Å². The Morgan fingerprint density at radius 2 is 1.78 bits per heavy atom. The molecule has 0 aliphatic carbocycles. The van der Waals surface area contributed by atoms with E-state index in [1.807, 2.05) is 4.90 Å². The molecule has 2 aromatic carbocycles. The number of carbonyl (C=O) groups excluding carboxylic acids is 2. The molecule has 32 heavy (non-hydrogen) atoms. The maximum absolute atomic E-state index is 12.3. The molecule has 5 rings (SSSR count). The number of fused-ring (bicyclic) bond motifs is 1. The van der Waals surface area contributed by atoms with Crippen LogP contribution in [-0.4, -0.2) is 58.8 Å². The van der Waals surface area contributed by atoms with Crippen molar-refractivity contribution in [1.82, 2.24) is 15.1 Å². The molecule has 1 atom stereocenters. The van der Waals surface area contributed by atoms with Crippen LogP contribution in [0.5, 0.6) is 0 Å². The molecule has 3 aliphatic rings. The Kier molecular flexibility index (Phi) is 5.69. The number of rotatable bonds is 4. The first-order chi connectivity index (χ1) is 15.5. The van der Waals surface area contributed by atoms with Gasteiger partial charge in [-0.05, 0) is 42.7 Å². The monoisotopic (exact) mass is 448 g/mol. The Balaban J connectivity index is 1.21. The van der Waals surface area contributed by atoms with Crippen LogP contribution >= 0.6 is 12.2 Å². The van der Waals surface area contributed by atoms with Gasteiger partial charge in [-0.2, -0.15) is 0 Å². The Labute approximate surface area is 194 Å². The largest absolute Gasteiger partial charge is 0.369 e. The molecule has 1 N–H and O–H groups in total. The fourth-order valence-electron chi connectivity index (χ4n) is 4.88. The number of amides is 2. The van der Waals surface area contributed by atoms with Crippen molar-refractivity contribution < 1.29 is 9.59 Å². The molecule has 1 unspecified atom stereocenters. The number of anilines is 1. The van der Waals surface area contributed by atoms with E-state index in [1.54, 1.807) is 0 Å². The highest BCUT2D eigenvalue weighted by Crippen LogP contribution is 2.29. The third-order valence-corrected chi connectivity index (χ3v) is 7.22. The van der Waals surface area contributed by atoms with E-state index in [0.717, 1.165) is 48.8 Å². The summed E-state index contributed by atoms with van der Waals surface area (Å²) in [6.07, 6.45) is 0.891. The van der Waals surface area contributed by atoms with Gasteiger partial charge in [0, 0.05) is 56.9 Å². The zero-order valence-electron chi connectivity index (χ0n) is 18.3. The SMILES string of the molecule is Cc1ccc(N2CCN(Cc3ccc4c(c3)C(=S)N(C3CCC(=O)NC3=O)C4)CC2)cc1. The lowest BCUT2D eigenvalue weighted by Crippen LogP contribution is -2.52. The molecule has 166 valence electrons. The van der Waals surface area contributed by atoms with Crippen molar-refractivity contribution in [2.24, 2.45) is 0 Å². The van der Waals surface area contributed by atoms with E-state index in [9.17, 15) is 9.59 Å². The minimum absolute atomic E-state index is 0.196. The van der Waals surface area contributed by atoms with Crippen LogP contribution in [-0.2, 0) is 22.7 Å². The van der Waals surface area contributed by atoms with Crippen molar-refractivity contribution in [3.05, 3.63) is 64.7 Å². The predicted molar refractivity (Wildman–Crippen MR) is 129 cm³/mol. The number of piperazine rings is 1. The Morgan fingerprint density at radius 1 is 1.03 bits per heavy atom. The summed E-state index contributed by atoms with van der Waals surface area (Å²) in [6.45, 7) is 7.75. The number of hydrogen-bond donors (Lipinski definition) is 1. The van der Waals surface area contributed by atoms with E-state index in [-0.39, 0.29) is 17.9 Å². The fourth-order valence-corrected chi connectivity index (χ4v) is 5.26. The maximum atomic E-state index is 12.3. The molecule has 2 fully saturated rings. The highest BCUT2D eigenvalue weighted by atomic mass is 32.1. The highest BCUT2D eigenvalue weighted by molar-refractivity contribution is 7.80. The molecule has 2 amide bonds. The lowest BCUT2D eigenvalue weighted by molar-refractivity contribution is -0.136. The predicted octanol–water partition coefficient (Wildman–Crippen LogP) is 2.61. The number of nitrogens with zero attached hydrogens (tertiary/aromatic N) is 3. The molecule has 6 nitrogen and oxygen atoms in total. The van der Waals surface area contributed by atoms with Gasteiger partial charge in [-0.15, -0.1) is 0 Å². The smallest absolute Gasteiger partial charge is 0.249 e. The van der Waals surface area contributed by atoms with Gasteiger partial charge in [-0.3, -0.25) is 19.8 Å². The molecule has 3 heterocycles. The third kappa shape index (κ3) is 4.14. The first kappa shape index (κ1) is 21.1. The summed E-state index contributed by atoms with van der Waals surface area (Å²) in [5.41, 5.74) is 6.05. The zero-order chi connectivity index (χ0) is 22.2. The number of imide groups is 1. The second-order valence-electron chi connectivity index (χ2n) is 8.99. The van der Waals surface area contributed by atoms with E-state index < -0.39 is 0 Å². The Morgan fingerprint density at radius 3 is 2.50 bits per heavy atom. The van der Waals surface area contributed by atoms with Crippen LogP contribution in [0.2, 0.25) is 0 Å². The number of benzene rings is 2. The first-order valence-corrected chi connectivity index (χ1v) is 11.7. The van der Waals surface area contributed by atoms with Crippen LogP contribution in [0.15, 0.2) is 42.5 Å². The number of nitrogens with one attached hydrogen (secondary N) is 1. The summed E-state index contributed by atoms with van der Waals surface area (Å²) >= 11 is 5.74. The molecular formula is C25H28N4O2S. The quantitative estimate of drug-likeness (QED) is 0.573. The van der Waals surface area contributed by atoms with E-state index in [1.165, 1.54) is 16.8 Å². The second kappa shape index (κ2) is 8.64. The molecule has 0 radical (unpaired) electrons. The van der Waals surface area contributed by atoms with E-state index in [0.29, 0.717) is 19.4 Å². The normalized spacial score (nSPS) is 21.7. The summed E-state index contributed by atoms with van der Waals surface area (Å²) in [6, 6.07) is 14.9. The van der Waals surface area contributed by atoms with Crippen molar-refractivity contribution in [2.45, 2.75) is 38.9 Å². The average Bonchev–Trinajstić information content (AvgIpc) is 3.11. The first-order valence-electron chi connectivity index (χ1n) is 11.3. The number of thiocarbonyl (C=S) groups is 1. The molecule has 7 heteroatoms. The van der Waals surface area contributed by atoms with Crippen molar-refractivity contribution in [2.75, 3.05) is 31.1 Å². The molecule has 2 saturated heterocycles. The summed E-state index contributed by atoms with van der Waals surface area (Å²) in [7, 11) is 0. The van der Waals surface area contributed by atoms with Crippen molar-refractivity contribution in [3.8, 4) is 0 Å². The molecular weight excluding hydrogens is 420 g/mol. The Bertz CT molecular complexity index is 1060. The van der Waals surface area contributed by atoms with Crippen molar-refractivity contribution in [3.63, 3.8) is 0 Å². The van der Waals surface area contributed by atoms with Crippen molar-refractivity contribution >= 4 is 34.7 Å². The minimum Gasteiger partial charge on any atom is -0.369 e. The topological polar surface area (TPSA) is 55.9 Å². The van der Waals surface area contributed by atoms with Crippen LogP contribution in [0.4, 0.5) is 5.69 Å². The summed E-state index contributed by atoms with van der Waals surface area (Å²) in [5.74, 6) is -0.429. The fraction of sp³-hybridized carbons (Fsp3) is 0.400. The van der Waals surface area contributed by atoms with Crippen LogP contribution in [0.1, 0.15) is 35.1 Å². The standard InChI is InChI=1S/C25H28N4O2S/c1-17-2-6-20(7-3-17)28-12-10-27(11-13-28)15-18-4-5-19-16-29(25(32)21(19)14-18)22-8-9-23(30)26-24(22)31/h2-7,14,22H,8-13,15-16H2,1H3,(H,26,30,31). The van der Waals surface area contributed by atoms with Gasteiger partial charge in [0.25, 0.3) is 0 Å². The molecule has 2 aromatic rings. The molecule has 0 spiro atoms. The zero-order valence-corrected chi connectivity index (χ0v) is 19.2. The summed E-state index contributed by atoms with van der Waals surface area (Å²) in [5, 5.41) is 2.45. The maximum Gasteiger partial charge on any atom is 0.249 e. The van der Waals surface area contributed by atoms with Gasteiger partial charge in [0.1, 0.15) is 11.0 Å². The summed E-state index contributed by atoms with van der Waals surface area (Å²) in [4.78, 5) is 31.4. The van der Waals surface area contributed by atoms with Gasteiger partial charge in [0.2, 0.25) is 11.8 Å². The minimum atomic E-state index is -0.356. The number of hydrogen-bond acceptors (Lipinski definition) is 5. The third-order valence-electron chi connectivity index (χ3n) is 6.77. The van der Waals surface area contributed by atoms with E-state index in [2.05, 4.69) is 64.5 Å². The second-order valence-corrected chi connectivity index (χ2v) is 9.38. The molecule has 3 aliphatic heterocycles. The highest BCUT2D eigenvalue weighted by Gasteiger charge is 2.37. The number of carbonyl (C=O) groups is 2. The van der Waals surface area contributed by atoms with Crippen LogP contribution in [0.25, 0.3) is 0 Å².